The van der Waals surface area contributed by atoms with Gasteiger partial charge in [-0.05, 0) is 54.8 Å². The molecule has 1 atom stereocenters. The van der Waals surface area contributed by atoms with Crippen LogP contribution in [-0.2, 0) is 22.6 Å². The molecule has 0 spiro atoms. The van der Waals surface area contributed by atoms with E-state index in [-0.39, 0.29) is 23.8 Å². The van der Waals surface area contributed by atoms with E-state index in [1.807, 2.05) is 18.2 Å². The van der Waals surface area contributed by atoms with Crippen LogP contribution in [0.25, 0.3) is 0 Å². The van der Waals surface area contributed by atoms with E-state index < -0.39 is 5.92 Å². The Bertz CT molecular complexity index is 952. The highest BCUT2D eigenvalue weighted by Gasteiger charge is 2.32. The minimum Gasteiger partial charge on any atom is -0.497 e. The van der Waals surface area contributed by atoms with Gasteiger partial charge < -0.3 is 20.1 Å². The Hall–Kier alpha value is -3.02. The van der Waals surface area contributed by atoms with Crippen LogP contribution >= 0.6 is 0 Å². The number of nitrogens with one attached hydrogen (secondary N) is 2. The van der Waals surface area contributed by atoms with E-state index >= 15 is 0 Å². The van der Waals surface area contributed by atoms with Crippen molar-refractivity contribution in [1.29, 1.82) is 0 Å². The molecule has 2 aliphatic rings. The SMILES string of the molecule is COc1ccc2c(c1)[C@@H](C(=O)NCc1ccc3c(c1)CC(C)(C)O3)CC(=O)N2. The van der Waals surface area contributed by atoms with Crippen molar-refractivity contribution < 1.29 is 19.1 Å². The van der Waals surface area contributed by atoms with E-state index in [1.165, 1.54) is 0 Å². The number of ether oxygens (including phenoxy) is 2. The van der Waals surface area contributed by atoms with Crippen molar-refractivity contribution in [2.45, 2.75) is 44.8 Å². The molecule has 0 unspecified atom stereocenters. The summed E-state index contributed by atoms with van der Waals surface area (Å²) in [5.74, 6) is 0.714. The largest absolute Gasteiger partial charge is 0.497 e. The molecule has 2 aromatic rings. The van der Waals surface area contributed by atoms with Gasteiger partial charge in [-0.1, -0.05) is 12.1 Å². The second-order valence-corrected chi connectivity index (χ2v) is 7.96. The molecule has 6 heteroatoms. The predicted molar refractivity (Wildman–Crippen MR) is 106 cm³/mol. The number of fused-ring (bicyclic) bond motifs is 2. The van der Waals surface area contributed by atoms with Gasteiger partial charge in [-0.15, -0.1) is 0 Å². The van der Waals surface area contributed by atoms with Crippen molar-refractivity contribution in [3.63, 3.8) is 0 Å². The topological polar surface area (TPSA) is 76.7 Å². The fraction of sp³-hybridized carbons (Fsp3) is 0.364. The molecule has 0 bridgehead atoms. The Morgan fingerprint density at radius 1 is 1.29 bits per heavy atom. The van der Waals surface area contributed by atoms with Crippen LogP contribution in [0.3, 0.4) is 0 Å². The first kappa shape index (κ1) is 18.3. The zero-order chi connectivity index (χ0) is 19.9. The van der Waals surface area contributed by atoms with E-state index in [9.17, 15) is 9.59 Å². The van der Waals surface area contributed by atoms with Crippen molar-refractivity contribution in [2.24, 2.45) is 0 Å². The van der Waals surface area contributed by atoms with Gasteiger partial charge in [0, 0.05) is 25.1 Å². The Kier molecular flexibility index (Phi) is 4.49. The molecule has 4 rings (SSSR count). The molecule has 2 amide bonds. The van der Waals surface area contributed by atoms with Gasteiger partial charge in [0.2, 0.25) is 11.8 Å². The molecular weight excluding hydrogens is 356 g/mol. The molecular formula is C22H24N2O4. The van der Waals surface area contributed by atoms with Crippen LogP contribution in [0.4, 0.5) is 5.69 Å². The standard InChI is InChI=1S/C22H24N2O4/c1-22(2)11-14-8-13(4-7-19(14)28-22)12-23-21(26)17-10-20(25)24-18-6-5-15(27-3)9-16(17)18/h4-9,17H,10-12H2,1-3H3,(H,23,26)(H,24,25)/t17-/m0/s1. The summed E-state index contributed by atoms with van der Waals surface area (Å²) >= 11 is 0. The summed E-state index contributed by atoms with van der Waals surface area (Å²) in [4.78, 5) is 24.9. The van der Waals surface area contributed by atoms with Crippen molar-refractivity contribution >= 4 is 17.5 Å². The average molecular weight is 380 g/mol. The van der Waals surface area contributed by atoms with Crippen LogP contribution in [0.5, 0.6) is 11.5 Å². The maximum atomic E-state index is 12.9. The maximum absolute atomic E-state index is 12.9. The molecule has 0 aliphatic carbocycles. The Labute approximate surface area is 164 Å². The van der Waals surface area contributed by atoms with Crippen LogP contribution in [0, 0.1) is 0 Å². The van der Waals surface area contributed by atoms with Crippen LogP contribution in [0.1, 0.15) is 42.9 Å². The smallest absolute Gasteiger partial charge is 0.228 e. The van der Waals surface area contributed by atoms with Gasteiger partial charge in [-0.3, -0.25) is 9.59 Å². The monoisotopic (exact) mass is 380 g/mol. The van der Waals surface area contributed by atoms with Crippen LogP contribution in [-0.4, -0.2) is 24.5 Å². The van der Waals surface area contributed by atoms with E-state index in [2.05, 4.69) is 30.5 Å². The number of methoxy groups -OCH3 is 1. The van der Waals surface area contributed by atoms with Crippen LogP contribution in [0.15, 0.2) is 36.4 Å². The zero-order valence-corrected chi connectivity index (χ0v) is 16.3. The van der Waals surface area contributed by atoms with Gasteiger partial charge in [-0.25, -0.2) is 0 Å². The number of amides is 2. The lowest BCUT2D eigenvalue weighted by atomic mass is 9.89. The average Bonchev–Trinajstić information content (AvgIpc) is 2.98. The molecule has 0 fully saturated rings. The summed E-state index contributed by atoms with van der Waals surface area (Å²) in [5, 5.41) is 5.80. The fourth-order valence-electron chi connectivity index (χ4n) is 3.89. The minimum atomic E-state index is -0.532. The first-order valence-electron chi connectivity index (χ1n) is 9.41. The van der Waals surface area contributed by atoms with E-state index in [1.54, 1.807) is 19.2 Å². The van der Waals surface area contributed by atoms with Crippen molar-refractivity contribution in [3.05, 3.63) is 53.1 Å². The summed E-state index contributed by atoms with van der Waals surface area (Å²) in [6, 6.07) is 11.4. The quantitative estimate of drug-likeness (QED) is 0.854. The molecule has 0 saturated heterocycles. The molecule has 0 aromatic heterocycles. The summed E-state index contributed by atoms with van der Waals surface area (Å²) in [6.45, 7) is 4.53. The summed E-state index contributed by atoms with van der Waals surface area (Å²) in [7, 11) is 1.58. The zero-order valence-electron chi connectivity index (χ0n) is 16.3. The number of hydrogen-bond acceptors (Lipinski definition) is 4. The number of anilines is 1. The van der Waals surface area contributed by atoms with E-state index in [4.69, 9.17) is 9.47 Å². The molecule has 146 valence electrons. The molecule has 2 N–H and O–H groups in total. The number of carbonyl (C=O) groups is 2. The third kappa shape index (κ3) is 3.54. The summed E-state index contributed by atoms with van der Waals surface area (Å²) in [5.41, 5.74) is 3.42. The normalized spacial score (nSPS) is 19.1. The first-order valence-corrected chi connectivity index (χ1v) is 9.41. The van der Waals surface area contributed by atoms with Crippen molar-refractivity contribution in [2.75, 3.05) is 12.4 Å². The first-order chi connectivity index (χ1) is 13.3. The minimum absolute atomic E-state index is 0.123. The van der Waals surface area contributed by atoms with Crippen molar-refractivity contribution in [3.8, 4) is 11.5 Å². The molecule has 28 heavy (non-hydrogen) atoms. The van der Waals surface area contributed by atoms with Gasteiger partial charge in [0.05, 0.1) is 13.0 Å². The fourth-order valence-corrected chi connectivity index (χ4v) is 3.89. The predicted octanol–water partition coefficient (Wildman–Crippen LogP) is 3.15. The van der Waals surface area contributed by atoms with E-state index in [0.29, 0.717) is 18.0 Å². The van der Waals surface area contributed by atoms with Crippen LogP contribution in [0.2, 0.25) is 0 Å². The third-order valence-electron chi connectivity index (χ3n) is 5.21. The van der Waals surface area contributed by atoms with Gasteiger partial charge >= 0.3 is 0 Å². The summed E-state index contributed by atoms with van der Waals surface area (Å²) < 4.78 is 11.2. The van der Waals surface area contributed by atoms with Crippen molar-refractivity contribution in [1.82, 2.24) is 5.32 Å². The highest BCUT2D eigenvalue weighted by atomic mass is 16.5. The molecule has 2 heterocycles. The lowest BCUT2D eigenvalue weighted by molar-refractivity contribution is -0.126. The number of rotatable bonds is 4. The highest BCUT2D eigenvalue weighted by molar-refractivity contribution is 6.01. The number of benzene rings is 2. The lowest BCUT2D eigenvalue weighted by Crippen LogP contribution is -2.34. The Morgan fingerprint density at radius 2 is 2.11 bits per heavy atom. The molecule has 0 saturated carbocycles. The van der Waals surface area contributed by atoms with E-state index in [0.717, 1.165) is 28.9 Å². The second-order valence-electron chi connectivity index (χ2n) is 7.96. The van der Waals surface area contributed by atoms with Gasteiger partial charge in [0.15, 0.2) is 0 Å². The lowest BCUT2D eigenvalue weighted by Gasteiger charge is -2.25. The number of hydrogen-bond donors (Lipinski definition) is 2. The van der Waals surface area contributed by atoms with Gasteiger partial charge in [0.1, 0.15) is 17.1 Å². The number of carbonyl (C=O) groups excluding carboxylic acids is 2. The second kappa shape index (κ2) is 6.86. The maximum Gasteiger partial charge on any atom is 0.228 e. The Balaban J connectivity index is 1.49. The molecule has 0 radical (unpaired) electrons. The molecule has 2 aromatic carbocycles. The van der Waals surface area contributed by atoms with Gasteiger partial charge in [0.25, 0.3) is 0 Å². The van der Waals surface area contributed by atoms with Gasteiger partial charge in [-0.2, -0.15) is 0 Å². The summed E-state index contributed by atoms with van der Waals surface area (Å²) in [6.07, 6.45) is 0.971. The molecule has 2 aliphatic heterocycles. The highest BCUT2D eigenvalue weighted by Crippen LogP contribution is 2.36. The van der Waals surface area contributed by atoms with Crippen LogP contribution < -0.4 is 20.1 Å². The molecule has 6 nitrogen and oxygen atoms in total. The Morgan fingerprint density at radius 3 is 2.89 bits per heavy atom. The third-order valence-corrected chi connectivity index (χ3v) is 5.21.